The fraction of sp³-hybridized carbons (Fsp3) is 0.833. The summed E-state index contributed by atoms with van der Waals surface area (Å²) in [6, 6.07) is 0. The van der Waals surface area contributed by atoms with Crippen molar-refractivity contribution in [3.8, 4) is 0 Å². The van der Waals surface area contributed by atoms with Crippen molar-refractivity contribution in [3.05, 3.63) is 5.82 Å². The van der Waals surface area contributed by atoms with Gasteiger partial charge in [-0.3, -0.25) is 0 Å². The van der Waals surface area contributed by atoms with Crippen LogP contribution in [0, 0.1) is 0 Å². The van der Waals surface area contributed by atoms with E-state index in [-0.39, 0.29) is 5.41 Å². The largest absolute Gasteiger partial charge is 0.357 e. The smallest absolute Gasteiger partial charge is 0.224 e. The molecule has 0 atom stereocenters. The second-order valence-electron chi connectivity index (χ2n) is 4.94. The summed E-state index contributed by atoms with van der Waals surface area (Å²) in [4.78, 5) is 0. The standard InChI is InChI=1S/C12H23N5/c1-4-5-12(6-8-14-9-7-12)10-15-16-11(13-2)17(10)3/h14H,4-9H2,1-3H3,(H,13,16). The lowest BCUT2D eigenvalue weighted by atomic mass is 9.74. The molecule has 0 bridgehead atoms. The average molecular weight is 237 g/mol. The van der Waals surface area contributed by atoms with Crippen LogP contribution < -0.4 is 10.6 Å². The van der Waals surface area contributed by atoms with Crippen LogP contribution in [0.25, 0.3) is 0 Å². The van der Waals surface area contributed by atoms with Crippen LogP contribution in [0.4, 0.5) is 5.95 Å². The number of nitrogens with one attached hydrogen (secondary N) is 2. The molecule has 0 saturated carbocycles. The highest BCUT2D eigenvalue weighted by Crippen LogP contribution is 2.37. The summed E-state index contributed by atoms with van der Waals surface area (Å²) in [6.07, 6.45) is 4.72. The van der Waals surface area contributed by atoms with Crippen LogP contribution in [-0.4, -0.2) is 34.9 Å². The van der Waals surface area contributed by atoms with E-state index in [1.807, 2.05) is 7.05 Å². The summed E-state index contributed by atoms with van der Waals surface area (Å²) >= 11 is 0. The van der Waals surface area contributed by atoms with Gasteiger partial charge in [0.15, 0.2) is 0 Å². The van der Waals surface area contributed by atoms with Gasteiger partial charge < -0.3 is 15.2 Å². The number of hydrogen-bond donors (Lipinski definition) is 2. The minimum Gasteiger partial charge on any atom is -0.357 e. The Kier molecular flexibility index (Phi) is 3.66. The van der Waals surface area contributed by atoms with Gasteiger partial charge >= 0.3 is 0 Å². The van der Waals surface area contributed by atoms with Crippen molar-refractivity contribution >= 4 is 5.95 Å². The van der Waals surface area contributed by atoms with Crippen LogP contribution in [0.15, 0.2) is 0 Å². The quantitative estimate of drug-likeness (QED) is 0.828. The van der Waals surface area contributed by atoms with Crippen LogP contribution in [0.5, 0.6) is 0 Å². The van der Waals surface area contributed by atoms with Gasteiger partial charge in [0.25, 0.3) is 0 Å². The first kappa shape index (κ1) is 12.4. The monoisotopic (exact) mass is 237 g/mol. The van der Waals surface area contributed by atoms with Crippen LogP contribution >= 0.6 is 0 Å². The summed E-state index contributed by atoms with van der Waals surface area (Å²) in [5.74, 6) is 2.00. The van der Waals surface area contributed by atoms with Crippen molar-refractivity contribution in [2.45, 2.75) is 38.0 Å². The lowest BCUT2D eigenvalue weighted by Crippen LogP contribution is -2.41. The Bertz CT molecular complexity index is 359. The fourth-order valence-corrected chi connectivity index (χ4v) is 2.98. The number of anilines is 1. The molecule has 2 heterocycles. The molecule has 0 aromatic carbocycles. The van der Waals surface area contributed by atoms with Gasteiger partial charge in [0.1, 0.15) is 5.82 Å². The van der Waals surface area contributed by atoms with Gasteiger partial charge in [-0.05, 0) is 32.4 Å². The highest BCUT2D eigenvalue weighted by atomic mass is 15.3. The molecular weight excluding hydrogens is 214 g/mol. The summed E-state index contributed by atoms with van der Waals surface area (Å²) in [5, 5.41) is 15.2. The zero-order chi connectivity index (χ0) is 12.3. The van der Waals surface area contributed by atoms with Gasteiger partial charge in [-0.15, -0.1) is 10.2 Å². The van der Waals surface area contributed by atoms with Crippen molar-refractivity contribution in [3.63, 3.8) is 0 Å². The molecule has 0 radical (unpaired) electrons. The Hall–Kier alpha value is -1.10. The van der Waals surface area contributed by atoms with Crippen LogP contribution in [0.3, 0.4) is 0 Å². The Morgan fingerprint density at radius 3 is 2.59 bits per heavy atom. The Labute approximate surface area is 103 Å². The van der Waals surface area contributed by atoms with Crippen molar-refractivity contribution in [2.75, 3.05) is 25.5 Å². The third kappa shape index (κ3) is 2.16. The summed E-state index contributed by atoms with van der Waals surface area (Å²) in [6.45, 7) is 4.42. The van der Waals surface area contributed by atoms with Crippen molar-refractivity contribution in [1.29, 1.82) is 0 Å². The van der Waals surface area contributed by atoms with E-state index in [0.29, 0.717) is 0 Å². The molecule has 17 heavy (non-hydrogen) atoms. The molecule has 1 aromatic rings. The lowest BCUT2D eigenvalue weighted by molar-refractivity contribution is 0.264. The van der Waals surface area contributed by atoms with Gasteiger partial charge in [-0.2, -0.15) is 0 Å². The van der Waals surface area contributed by atoms with Gasteiger partial charge in [-0.1, -0.05) is 13.3 Å². The number of nitrogens with zero attached hydrogens (tertiary/aromatic N) is 3. The maximum absolute atomic E-state index is 4.42. The number of hydrogen-bond acceptors (Lipinski definition) is 4. The van der Waals surface area contributed by atoms with Crippen LogP contribution in [-0.2, 0) is 12.5 Å². The topological polar surface area (TPSA) is 54.8 Å². The highest BCUT2D eigenvalue weighted by Gasteiger charge is 2.37. The zero-order valence-corrected chi connectivity index (χ0v) is 11.1. The zero-order valence-electron chi connectivity index (χ0n) is 11.1. The molecule has 5 nitrogen and oxygen atoms in total. The highest BCUT2D eigenvalue weighted by molar-refractivity contribution is 5.27. The normalized spacial score (nSPS) is 19.2. The predicted molar refractivity (Wildman–Crippen MR) is 69.2 cm³/mol. The van der Waals surface area contributed by atoms with Crippen molar-refractivity contribution < 1.29 is 0 Å². The average Bonchev–Trinajstić information content (AvgIpc) is 2.72. The molecule has 0 aliphatic carbocycles. The first-order chi connectivity index (χ1) is 8.23. The van der Waals surface area contributed by atoms with E-state index in [0.717, 1.165) is 37.7 Å². The van der Waals surface area contributed by atoms with E-state index in [2.05, 4.69) is 39.4 Å². The Balaban J connectivity index is 2.34. The Morgan fingerprint density at radius 2 is 2.06 bits per heavy atom. The van der Waals surface area contributed by atoms with E-state index in [1.165, 1.54) is 12.8 Å². The van der Waals surface area contributed by atoms with Gasteiger partial charge in [0.2, 0.25) is 5.95 Å². The fourth-order valence-electron chi connectivity index (χ4n) is 2.98. The van der Waals surface area contributed by atoms with Crippen molar-refractivity contribution in [1.82, 2.24) is 20.1 Å². The molecule has 0 spiro atoms. The summed E-state index contributed by atoms with van der Waals surface area (Å²) in [5.41, 5.74) is 0.219. The third-order valence-corrected chi connectivity index (χ3v) is 3.86. The van der Waals surface area contributed by atoms with Crippen LogP contribution in [0.1, 0.15) is 38.4 Å². The van der Waals surface area contributed by atoms with Crippen molar-refractivity contribution in [2.24, 2.45) is 7.05 Å². The summed E-state index contributed by atoms with van der Waals surface area (Å²) < 4.78 is 2.11. The van der Waals surface area contributed by atoms with E-state index in [4.69, 9.17) is 0 Å². The van der Waals surface area contributed by atoms with Gasteiger partial charge in [0.05, 0.1) is 0 Å². The van der Waals surface area contributed by atoms with E-state index < -0.39 is 0 Å². The summed E-state index contributed by atoms with van der Waals surface area (Å²) in [7, 11) is 3.95. The first-order valence-corrected chi connectivity index (χ1v) is 6.52. The number of rotatable bonds is 4. The first-order valence-electron chi connectivity index (χ1n) is 6.52. The maximum Gasteiger partial charge on any atom is 0.224 e. The Morgan fingerprint density at radius 1 is 1.35 bits per heavy atom. The molecule has 1 aliphatic rings. The molecule has 1 fully saturated rings. The van der Waals surface area contributed by atoms with Gasteiger partial charge in [-0.25, -0.2) is 0 Å². The van der Waals surface area contributed by atoms with E-state index >= 15 is 0 Å². The molecule has 96 valence electrons. The van der Waals surface area contributed by atoms with E-state index in [9.17, 15) is 0 Å². The molecule has 2 N–H and O–H groups in total. The van der Waals surface area contributed by atoms with Gasteiger partial charge in [0, 0.05) is 19.5 Å². The minimum absolute atomic E-state index is 0.219. The molecule has 2 rings (SSSR count). The second-order valence-corrected chi connectivity index (χ2v) is 4.94. The molecule has 1 saturated heterocycles. The molecule has 5 heteroatoms. The third-order valence-electron chi connectivity index (χ3n) is 3.86. The molecule has 0 unspecified atom stereocenters. The molecule has 0 amide bonds. The maximum atomic E-state index is 4.42. The number of aromatic nitrogens is 3. The minimum atomic E-state index is 0.219. The number of piperidine rings is 1. The molecule has 1 aromatic heterocycles. The molecule has 1 aliphatic heterocycles. The van der Waals surface area contributed by atoms with E-state index in [1.54, 1.807) is 0 Å². The van der Waals surface area contributed by atoms with Crippen LogP contribution in [0.2, 0.25) is 0 Å². The lowest BCUT2D eigenvalue weighted by Gasteiger charge is -2.36. The second kappa shape index (κ2) is 5.04. The molecular formula is C12H23N5. The predicted octanol–water partition coefficient (Wildman–Crippen LogP) is 1.28. The SMILES string of the molecule is CCCC1(c2nnc(NC)n2C)CCNCC1.